The first-order chi connectivity index (χ1) is 28.7. The van der Waals surface area contributed by atoms with E-state index in [1.54, 1.807) is 5.57 Å². The van der Waals surface area contributed by atoms with Gasteiger partial charge in [-0.25, -0.2) is 0 Å². The van der Waals surface area contributed by atoms with Gasteiger partial charge in [-0.05, 0) is 151 Å². The highest BCUT2D eigenvalue weighted by Crippen LogP contribution is 2.66. The van der Waals surface area contributed by atoms with Gasteiger partial charge in [-0.2, -0.15) is 0 Å². The second kappa shape index (κ2) is 27.7. The van der Waals surface area contributed by atoms with Gasteiger partial charge in [0.15, 0.2) is 6.29 Å². The maximum Gasteiger partial charge on any atom is 0.306 e. The van der Waals surface area contributed by atoms with Crippen LogP contribution in [-0.2, 0) is 23.8 Å². The van der Waals surface area contributed by atoms with Gasteiger partial charge in [-0.1, -0.05) is 130 Å². The number of hydrogen-bond donors (Lipinski definition) is 0. The Hall–Kier alpha value is -1.24. The molecular weight excluding hydrogens is 731 g/mol. The minimum Gasteiger partial charge on any atom is -0.462 e. The topological polar surface area (TPSA) is 65.1 Å². The number of Topliss-reactive ketones (excluding diaryl/α,β-unsaturated/α-hetero) is 1. The van der Waals surface area contributed by atoms with Crippen LogP contribution in [0.1, 0.15) is 234 Å². The minimum atomic E-state index is -0.0385. The highest BCUT2D eigenvalue weighted by molar-refractivity contribution is 5.79. The van der Waals surface area contributed by atoms with E-state index in [4.69, 9.17) is 14.2 Å². The molecule has 0 aromatic heterocycles. The predicted molar refractivity (Wildman–Crippen MR) is 246 cm³/mol. The first kappa shape index (κ1) is 50.4. The van der Waals surface area contributed by atoms with Crippen LogP contribution in [0.5, 0.6) is 0 Å². The van der Waals surface area contributed by atoms with Gasteiger partial charge in [0.1, 0.15) is 11.9 Å². The first-order valence-electron chi connectivity index (χ1n) is 26.0. The lowest BCUT2D eigenvalue weighted by atomic mass is 9.47. The maximum atomic E-state index is 13.1. The summed E-state index contributed by atoms with van der Waals surface area (Å²) in [6, 6.07) is 0. The molecule has 3 fully saturated rings. The summed E-state index contributed by atoms with van der Waals surface area (Å²) in [5.41, 5.74) is 1.99. The van der Waals surface area contributed by atoms with E-state index in [2.05, 4.69) is 45.6 Å². The highest BCUT2D eigenvalue weighted by atomic mass is 16.7. The van der Waals surface area contributed by atoms with E-state index >= 15 is 0 Å². The molecule has 0 aromatic rings. The molecule has 0 aromatic carbocycles. The predicted octanol–water partition coefficient (Wildman–Crippen LogP) is 14.4. The molecule has 0 aliphatic heterocycles. The van der Waals surface area contributed by atoms with E-state index in [-0.39, 0.29) is 35.1 Å². The van der Waals surface area contributed by atoms with Crippen molar-refractivity contribution >= 4 is 11.8 Å². The molecule has 4 aliphatic rings. The van der Waals surface area contributed by atoms with E-state index in [1.807, 2.05) is 6.92 Å². The zero-order chi connectivity index (χ0) is 42.4. The number of allylic oxidation sites excluding steroid dienone is 1. The molecule has 0 bridgehead atoms. The fourth-order valence-electron chi connectivity index (χ4n) is 12.4. The molecule has 0 radical (unpaired) electrons. The summed E-state index contributed by atoms with van der Waals surface area (Å²) in [6.07, 6.45) is 37.9. The van der Waals surface area contributed by atoms with Crippen molar-refractivity contribution in [2.45, 2.75) is 247 Å². The van der Waals surface area contributed by atoms with E-state index in [0.717, 1.165) is 90.4 Å². The Balaban J connectivity index is 1.10. The fraction of sp³-hybridized carbons (Fsp3) is 0.925. The smallest absolute Gasteiger partial charge is 0.306 e. The minimum absolute atomic E-state index is 0.00982. The van der Waals surface area contributed by atoms with Crippen LogP contribution >= 0.6 is 0 Å². The average molecular weight is 826 g/mol. The lowest BCUT2D eigenvalue weighted by molar-refractivity contribution is -0.152. The van der Waals surface area contributed by atoms with Crippen LogP contribution in [0.3, 0.4) is 0 Å². The van der Waals surface area contributed by atoms with Crippen LogP contribution in [0.2, 0.25) is 0 Å². The molecule has 0 spiro atoms. The summed E-state index contributed by atoms with van der Waals surface area (Å²) in [7, 11) is 0. The van der Waals surface area contributed by atoms with Crippen LogP contribution in [0.25, 0.3) is 0 Å². The summed E-state index contributed by atoms with van der Waals surface area (Å²) in [5.74, 6) is 2.79. The Labute approximate surface area is 364 Å². The normalized spacial score (nSPS) is 27.7. The third-order valence-corrected chi connectivity index (χ3v) is 16.0. The molecule has 3 saturated carbocycles. The number of carbonyl (C=O) groups is 2. The van der Waals surface area contributed by atoms with E-state index in [0.29, 0.717) is 30.0 Å². The molecule has 0 heterocycles. The van der Waals surface area contributed by atoms with Crippen LogP contribution < -0.4 is 0 Å². The van der Waals surface area contributed by atoms with E-state index < -0.39 is 0 Å². The fourth-order valence-corrected chi connectivity index (χ4v) is 12.4. The van der Waals surface area contributed by atoms with Crippen LogP contribution in [0, 0.1) is 34.5 Å². The van der Waals surface area contributed by atoms with Crippen molar-refractivity contribution in [3.8, 4) is 0 Å². The molecule has 7 atom stereocenters. The SMILES string of the molecule is CCCCCCCCOC(CCCCCN(CCCC)CCCCCC(=O)OC1CCC2(C)C(=CCC3C2CCC2(C)C(C(C)=O)CCC32)C1)OCCCCCCCC. The lowest BCUT2D eigenvalue weighted by Gasteiger charge is -2.58. The first-order valence-corrected chi connectivity index (χ1v) is 26.0. The number of hydrogen-bond acceptors (Lipinski definition) is 6. The maximum absolute atomic E-state index is 13.1. The van der Waals surface area contributed by atoms with Crippen molar-refractivity contribution in [1.29, 1.82) is 0 Å². The number of esters is 1. The number of nitrogens with zero attached hydrogens (tertiary/aromatic N) is 1. The Morgan fingerprint density at radius 3 is 1.92 bits per heavy atom. The molecule has 0 amide bonds. The summed E-state index contributed by atoms with van der Waals surface area (Å²) >= 11 is 0. The van der Waals surface area contributed by atoms with Gasteiger partial charge in [0.25, 0.3) is 0 Å². The van der Waals surface area contributed by atoms with Crippen molar-refractivity contribution in [2.75, 3.05) is 32.8 Å². The van der Waals surface area contributed by atoms with Gasteiger partial charge in [-0.15, -0.1) is 0 Å². The number of rotatable bonds is 33. The number of ketones is 1. The van der Waals surface area contributed by atoms with Crippen LogP contribution in [-0.4, -0.2) is 61.9 Å². The zero-order valence-corrected chi connectivity index (χ0v) is 39.8. The standard InChI is InChI=1S/C53H95NO5/c1-7-10-13-15-17-25-40-57-51(58-41-26-18-16-14-11-8-2)28-22-20-24-39-54(37-12-9-3)38-23-19-21-27-50(56)59-45-33-35-52(5)44(42-45)29-30-46-48-32-31-47(43(4)55)53(48,6)36-34-49(46)52/h29,45-49,51H,7-28,30-42H2,1-6H3. The van der Waals surface area contributed by atoms with Crippen molar-refractivity contribution in [2.24, 2.45) is 34.5 Å². The molecule has 342 valence electrons. The van der Waals surface area contributed by atoms with Crippen LogP contribution in [0.4, 0.5) is 0 Å². The molecule has 4 rings (SSSR count). The monoisotopic (exact) mass is 826 g/mol. The number of carbonyl (C=O) groups excluding carboxylic acids is 2. The Kier molecular flexibility index (Phi) is 23.7. The third kappa shape index (κ3) is 16.1. The molecule has 4 aliphatic carbocycles. The average Bonchev–Trinajstić information content (AvgIpc) is 3.59. The zero-order valence-electron chi connectivity index (χ0n) is 39.8. The quantitative estimate of drug-likeness (QED) is 0.0284. The highest BCUT2D eigenvalue weighted by Gasteiger charge is 2.59. The summed E-state index contributed by atoms with van der Waals surface area (Å²) in [4.78, 5) is 28.3. The van der Waals surface area contributed by atoms with Gasteiger partial charge in [0.2, 0.25) is 0 Å². The van der Waals surface area contributed by atoms with E-state index in [9.17, 15) is 9.59 Å². The number of ether oxygens (including phenoxy) is 3. The van der Waals surface area contributed by atoms with Crippen molar-refractivity contribution in [1.82, 2.24) is 4.90 Å². The lowest BCUT2D eigenvalue weighted by Crippen LogP contribution is -2.51. The third-order valence-electron chi connectivity index (χ3n) is 16.0. The Bertz CT molecular complexity index is 1180. The van der Waals surface area contributed by atoms with Crippen LogP contribution in [0.15, 0.2) is 11.6 Å². The molecule has 0 saturated heterocycles. The second-order valence-electron chi connectivity index (χ2n) is 20.5. The van der Waals surface area contributed by atoms with Gasteiger partial charge in [-0.3, -0.25) is 9.59 Å². The number of unbranched alkanes of at least 4 members (excludes halogenated alkanes) is 15. The van der Waals surface area contributed by atoms with Crippen molar-refractivity contribution < 1.29 is 23.8 Å². The van der Waals surface area contributed by atoms with Gasteiger partial charge in [0.05, 0.1) is 0 Å². The summed E-state index contributed by atoms with van der Waals surface area (Å²) < 4.78 is 18.8. The molecule has 0 N–H and O–H groups in total. The second-order valence-corrected chi connectivity index (χ2v) is 20.5. The molecule has 6 heteroatoms. The molecule has 59 heavy (non-hydrogen) atoms. The largest absolute Gasteiger partial charge is 0.462 e. The number of fused-ring (bicyclic) bond motifs is 5. The summed E-state index contributed by atoms with van der Waals surface area (Å²) in [5, 5.41) is 0. The molecule has 6 nitrogen and oxygen atoms in total. The molecule has 7 unspecified atom stereocenters. The van der Waals surface area contributed by atoms with Gasteiger partial charge < -0.3 is 19.1 Å². The van der Waals surface area contributed by atoms with E-state index in [1.165, 1.54) is 129 Å². The summed E-state index contributed by atoms with van der Waals surface area (Å²) in [6.45, 7) is 18.8. The van der Waals surface area contributed by atoms with Crippen molar-refractivity contribution in [3.05, 3.63) is 11.6 Å². The van der Waals surface area contributed by atoms with Crippen molar-refractivity contribution in [3.63, 3.8) is 0 Å². The molecular formula is C53H95NO5. The van der Waals surface area contributed by atoms with Gasteiger partial charge in [0, 0.05) is 32.0 Å². The Morgan fingerprint density at radius 1 is 0.678 bits per heavy atom. The Morgan fingerprint density at radius 2 is 1.27 bits per heavy atom. The van der Waals surface area contributed by atoms with Gasteiger partial charge >= 0.3 is 5.97 Å².